The van der Waals surface area contributed by atoms with E-state index in [4.69, 9.17) is 21.1 Å². The molecule has 0 saturated heterocycles. The highest BCUT2D eigenvalue weighted by atomic mass is 35.5. The molecule has 0 fully saturated rings. The summed E-state index contributed by atoms with van der Waals surface area (Å²) < 4.78 is 10.5. The molecule has 0 heterocycles. The molecule has 6 heteroatoms. The molecule has 3 rings (SSSR count). The fourth-order valence-electron chi connectivity index (χ4n) is 2.60. The van der Waals surface area contributed by atoms with Gasteiger partial charge < -0.3 is 14.8 Å². The standard InChI is InChI=1S/C20H16ClNO4/c1-12(23)26-19-10-14-6-4-3-5-13(14)9-16(19)20(24)22-17-11-15(21)7-8-18(17)25-2/h3-11H,1-2H3,(H,22,24). The second-order valence-electron chi connectivity index (χ2n) is 5.59. The molecule has 0 radical (unpaired) electrons. The van der Waals surface area contributed by atoms with Gasteiger partial charge in [0.05, 0.1) is 18.4 Å². The number of anilines is 1. The van der Waals surface area contributed by atoms with Crippen molar-refractivity contribution in [1.82, 2.24) is 0 Å². The molecule has 0 saturated carbocycles. The predicted molar refractivity (Wildman–Crippen MR) is 101 cm³/mol. The lowest BCUT2D eigenvalue weighted by Gasteiger charge is -2.13. The number of ether oxygens (including phenoxy) is 2. The van der Waals surface area contributed by atoms with Gasteiger partial charge in [0.2, 0.25) is 0 Å². The van der Waals surface area contributed by atoms with E-state index in [1.54, 1.807) is 30.3 Å². The van der Waals surface area contributed by atoms with Crippen LogP contribution >= 0.6 is 11.6 Å². The van der Waals surface area contributed by atoms with Crippen LogP contribution in [0.5, 0.6) is 11.5 Å². The third-order valence-electron chi connectivity index (χ3n) is 3.76. The number of benzene rings is 3. The zero-order valence-corrected chi connectivity index (χ0v) is 15.0. The van der Waals surface area contributed by atoms with Crippen molar-refractivity contribution in [3.8, 4) is 11.5 Å². The summed E-state index contributed by atoms with van der Waals surface area (Å²) in [7, 11) is 1.50. The van der Waals surface area contributed by atoms with E-state index < -0.39 is 11.9 Å². The van der Waals surface area contributed by atoms with Gasteiger partial charge in [-0.05, 0) is 41.1 Å². The predicted octanol–water partition coefficient (Wildman–Crippen LogP) is 4.68. The van der Waals surface area contributed by atoms with Crippen LogP contribution in [0.1, 0.15) is 17.3 Å². The number of nitrogens with one attached hydrogen (secondary N) is 1. The Kier molecular flexibility index (Phi) is 5.09. The zero-order chi connectivity index (χ0) is 18.7. The second-order valence-corrected chi connectivity index (χ2v) is 6.02. The summed E-state index contributed by atoms with van der Waals surface area (Å²) in [5.41, 5.74) is 0.660. The summed E-state index contributed by atoms with van der Waals surface area (Å²) in [6.07, 6.45) is 0. The minimum atomic E-state index is -0.505. The lowest BCUT2D eigenvalue weighted by molar-refractivity contribution is -0.131. The third-order valence-corrected chi connectivity index (χ3v) is 3.99. The Morgan fingerprint density at radius 3 is 2.31 bits per heavy atom. The van der Waals surface area contributed by atoms with Gasteiger partial charge in [-0.15, -0.1) is 0 Å². The van der Waals surface area contributed by atoms with Crippen LogP contribution in [-0.2, 0) is 4.79 Å². The van der Waals surface area contributed by atoms with E-state index in [0.717, 1.165) is 10.8 Å². The van der Waals surface area contributed by atoms with E-state index in [-0.39, 0.29) is 11.3 Å². The number of rotatable bonds is 4. The first-order valence-electron chi connectivity index (χ1n) is 7.84. The first kappa shape index (κ1) is 17.8. The van der Waals surface area contributed by atoms with E-state index in [1.807, 2.05) is 24.3 Å². The third kappa shape index (κ3) is 3.78. The Morgan fingerprint density at radius 2 is 1.65 bits per heavy atom. The van der Waals surface area contributed by atoms with Gasteiger partial charge in [-0.3, -0.25) is 9.59 Å². The quantitative estimate of drug-likeness (QED) is 0.535. The van der Waals surface area contributed by atoms with Crippen molar-refractivity contribution in [2.24, 2.45) is 0 Å². The molecule has 0 bridgehead atoms. The second kappa shape index (κ2) is 7.45. The molecule has 1 N–H and O–H groups in total. The van der Waals surface area contributed by atoms with Crippen molar-refractivity contribution < 1.29 is 19.1 Å². The van der Waals surface area contributed by atoms with Crippen LogP contribution in [0.3, 0.4) is 0 Å². The van der Waals surface area contributed by atoms with Gasteiger partial charge in [0.1, 0.15) is 11.5 Å². The highest BCUT2D eigenvalue weighted by Crippen LogP contribution is 2.31. The van der Waals surface area contributed by atoms with E-state index in [0.29, 0.717) is 16.5 Å². The van der Waals surface area contributed by atoms with Gasteiger partial charge in [-0.2, -0.15) is 0 Å². The van der Waals surface area contributed by atoms with Crippen LogP contribution in [0.25, 0.3) is 10.8 Å². The minimum absolute atomic E-state index is 0.190. The van der Waals surface area contributed by atoms with E-state index >= 15 is 0 Å². The van der Waals surface area contributed by atoms with E-state index in [2.05, 4.69) is 5.32 Å². The zero-order valence-electron chi connectivity index (χ0n) is 14.2. The molecule has 0 aromatic heterocycles. The highest BCUT2D eigenvalue weighted by Gasteiger charge is 2.17. The van der Waals surface area contributed by atoms with Crippen LogP contribution in [0, 0.1) is 0 Å². The van der Waals surface area contributed by atoms with Gasteiger partial charge in [-0.25, -0.2) is 0 Å². The number of esters is 1. The van der Waals surface area contributed by atoms with Crippen molar-refractivity contribution in [2.75, 3.05) is 12.4 Å². The molecule has 5 nitrogen and oxygen atoms in total. The lowest BCUT2D eigenvalue weighted by atomic mass is 10.1. The first-order valence-corrected chi connectivity index (χ1v) is 8.22. The normalized spacial score (nSPS) is 10.4. The lowest BCUT2D eigenvalue weighted by Crippen LogP contribution is -2.15. The highest BCUT2D eigenvalue weighted by molar-refractivity contribution is 6.31. The molecule has 132 valence electrons. The van der Waals surface area contributed by atoms with Crippen LogP contribution in [-0.4, -0.2) is 19.0 Å². The van der Waals surface area contributed by atoms with Crippen LogP contribution in [0.15, 0.2) is 54.6 Å². The Bertz CT molecular complexity index is 1000. The number of hydrogen-bond donors (Lipinski definition) is 1. The number of carbonyl (C=O) groups excluding carboxylic acids is 2. The van der Waals surface area contributed by atoms with Gasteiger partial charge >= 0.3 is 5.97 Å². The van der Waals surface area contributed by atoms with Crippen molar-refractivity contribution in [2.45, 2.75) is 6.92 Å². The Hall–Kier alpha value is -3.05. The molecule has 0 aliphatic heterocycles. The largest absolute Gasteiger partial charge is 0.495 e. The number of methoxy groups -OCH3 is 1. The molecule has 1 amide bonds. The number of fused-ring (bicyclic) bond motifs is 1. The van der Waals surface area contributed by atoms with Crippen molar-refractivity contribution in [1.29, 1.82) is 0 Å². The molecule has 0 aliphatic rings. The van der Waals surface area contributed by atoms with Crippen molar-refractivity contribution in [3.05, 3.63) is 65.2 Å². The maximum absolute atomic E-state index is 12.8. The topological polar surface area (TPSA) is 64.6 Å². The molecule has 3 aromatic carbocycles. The molecule has 3 aromatic rings. The maximum Gasteiger partial charge on any atom is 0.308 e. The summed E-state index contributed by atoms with van der Waals surface area (Å²) >= 11 is 6.01. The number of halogens is 1. The van der Waals surface area contributed by atoms with Crippen molar-refractivity contribution >= 4 is 39.9 Å². The fourth-order valence-corrected chi connectivity index (χ4v) is 2.78. The monoisotopic (exact) mass is 369 g/mol. The van der Waals surface area contributed by atoms with Gasteiger partial charge in [0.25, 0.3) is 5.91 Å². The Balaban J connectivity index is 2.04. The summed E-state index contributed by atoms with van der Waals surface area (Å²) in [5.74, 6) is -0.283. The molecule has 26 heavy (non-hydrogen) atoms. The smallest absolute Gasteiger partial charge is 0.308 e. The Morgan fingerprint density at radius 1 is 0.962 bits per heavy atom. The minimum Gasteiger partial charge on any atom is -0.495 e. The van der Waals surface area contributed by atoms with Crippen LogP contribution in [0.2, 0.25) is 5.02 Å². The van der Waals surface area contributed by atoms with Gasteiger partial charge in [-0.1, -0.05) is 35.9 Å². The number of amides is 1. The fraction of sp³-hybridized carbons (Fsp3) is 0.100. The summed E-state index contributed by atoms with van der Waals surface area (Å²) in [4.78, 5) is 24.3. The van der Waals surface area contributed by atoms with Crippen molar-refractivity contribution in [3.63, 3.8) is 0 Å². The maximum atomic E-state index is 12.8. The number of hydrogen-bond acceptors (Lipinski definition) is 4. The van der Waals surface area contributed by atoms with Gasteiger partial charge in [0, 0.05) is 11.9 Å². The summed E-state index contributed by atoms with van der Waals surface area (Å²) in [5, 5.41) is 4.93. The molecule has 0 aliphatic carbocycles. The Labute approximate surface area is 155 Å². The molecule has 0 spiro atoms. The summed E-state index contributed by atoms with van der Waals surface area (Å²) in [6, 6.07) is 15.8. The first-order chi connectivity index (χ1) is 12.5. The molecular formula is C20H16ClNO4. The van der Waals surface area contributed by atoms with Crippen LogP contribution in [0.4, 0.5) is 5.69 Å². The SMILES string of the molecule is COc1ccc(Cl)cc1NC(=O)c1cc2ccccc2cc1OC(C)=O. The summed E-state index contributed by atoms with van der Waals surface area (Å²) in [6.45, 7) is 1.29. The van der Waals surface area contributed by atoms with Crippen LogP contribution < -0.4 is 14.8 Å². The average Bonchev–Trinajstić information content (AvgIpc) is 2.60. The molecule has 0 atom stereocenters. The number of carbonyl (C=O) groups is 2. The van der Waals surface area contributed by atoms with E-state index in [9.17, 15) is 9.59 Å². The van der Waals surface area contributed by atoms with Gasteiger partial charge in [0.15, 0.2) is 0 Å². The van der Waals surface area contributed by atoms with E-state index in [1.165, 1.54) is 14.0 Å². The molecular weight excluding hydrogens is 354 g/mol. The average molecular weight is 370 g/mol. The molecule has 0 unspecified atom stereocenters.